The van der Waals surface area contributed by atoms with E-state index in [0.717, 1.165) is 0 Å². The van der Waals surface area contributed by atoms with Gasteiger partial charge in [0.25, 0.3) is 0 Å². The molecule has 0 aromatic heterocycles. The molecule has 0 bridgehead atoms. The Morgan fingerprint density at radius 2 is 1.44 bits per heavy atom. The summed E-state index contributed by atoms with van der Waals surface area (Å²) in [6, 6.07) is 6.86. The second-order valence-electron chi connectivity index (χ2n) is 7.74. The normalized spacial score (nSPS) is 11.6. The zero-order valence-electron chi connectivity index (χ0n) is 16.0. The molecule has 1 amide bonds. The molecule has 6 nitrogen and oxygen atoms in total. The van der Waals surface area contributed by atoms with E-state index in [-0.39, 0.29) is 24.5 Å². The Morgan fingerprint density at radius 3 is 1.92 bits per heavy atom. The van der Waals surface area contributed by atoms with Gasteiger partial charge >= 0.3 is 5.97 Å². The lowest BCUT2D eigenvalue weighted by Crippen LogP contribution is -2.41. The fourth-order valence-electron chi connectivity index (χ4n) is 1.89. The van der Waals surface area contributed by atoms with E-state index in [9.17, 15) is 9.59 Å². The molecule has 1 aromatic rings. The zero-order chi connectivity index (χ0) is 19.1. The highest BCUT2D eigenvalue weighted by Crippen LogP contribution is 2.18. The Hall–Kier alpha value is -2.24. The van der Waals surface area contributed by atoms with E-state index in [1.54, 1.807) is 45.0 Å². The summed E-state index contributed by atoms with van der Waals surface area (Å²) in [6.07, 6.45) is 0.286. The minimum atomic E-state index is -0.530. The molecule has 0 unspecified atom stereocenters. The van der Waals surface area contributed by atoms with E-state index in [0.29, 0.717) is 18.1 Å². The summed E-state index contributed by atoms with van der Waals surface area (Å²) in [7, 11) is 0. The van der Waals surface area contributed by atoms with Crippen LogP contribution in [0.3, 0.4) is 0 Å². The number of carbonyl (C=O) groups excluding carboxylic acids is 2. The van der Waals surface area contributed by atoms with E-state index >= 15 is 0 Å². The summed E-state index contributed by atoms with van der Waals surface area (Å²) in [5.74, 6) is 0.708. The molecule has 25 heavy (non-hydrogen) atoms. The minimum Gasteiger partial charge on any atom is -0.493 e. The first-order valence-corrected chi connectivity index (χ1v) is 8.33. The van der Waals surface area contributed by atoms with Gasteiger partial charge in [-0.25, -0.2) is 4.79 Å². The van der Waals surface area contributed by atoms with Crippen molar-refractivity contribution in [3.05, 3.63) is 24.3 Å². The van der Waals surface area contributed by atoms with Crippen LogP contribution in [0.5, 0.6) is 11.5 Å². The molecular weight excluding hydrogens is 322 g/mol. The molecule has 6 heteroatoms. The van der Waals surface area contributed by atoms with Gasteiger partial charge in [0, 0.05) is 5.54 Å². The Bertz CT molecular complexity index is 567. The van der Waals surface area contributed by atoms with Crippen molar-refractivity contribution in [3.8, 4) is 11.5 Å². The summed E-state index contributed by atoms with van der Waals surface area (Å²) < 4.78 is 16.1. The largest absolute Gasteiger partial charge is 0.493 e. The Balaban J connectivity index is 2.34. The molecule has 0 saturated heterocycles. The predicted octanol–water partition coefficient (Wildman–Crippen LogP) is 3.09. The van der Waals surface area contributed by atoms with Crippen molar-refractivity contribution >= 4 is 11.9 Å². The van der Waals surface area contributed by atoms with Gasteiger partial charge in [-0.1, -0.05) is 0 Å². The van der Waals surface area contributed by atoms with Crippen LogP contribution in [0.25, 0.3) is 0 Å². The highest BCUT2D eigenvalue weighted by molar-refractivity contribution is 5.76. The van der Waals surface area contributed by atoms with Crippen LogP contribution in [0, 0.1) is 0 Å². The van der Waals surface area contributed by atoms with Gasteiger partial charge in [-0.15, -0.1) is 0 Å². The van der Waals surface area contributed by atoms with Gasteiger partial charge in [-0.05, 0) is 65.8 Å². The Morgan fingerprint density at radius 1 is 0.920 bits per heavy atom. The molecule has 0 fully saturated rings. The third-order valence-electron chi connectivity index (χ3n) is 2.71. The molecule has 140 valence electrons. The molecule has 1 N–H and O–H groups in total. The number of ether oxygens (including phenoxy) is 3. The van der Waals surface area contributed by atoms with Crippen LogP contribution in [0.15, 0.2) is 24.3 Å². The molecule has 0 saturated carbocycles. The number of benzene rings is 1. The fraction of sp³-hybridized carbons (Fsp3) is 0.579. The second kappa shape index (κ2) is 8.74. The molecule has 0 aliphatic heterocycles. The van der Waals surface area contributed by atoms with Crippen LogP contribution < -0.4 is 14.8 Å². The Labute approximate surface area is 149 Å². The number of hydrogen-bond donors (Lipinski definition) is 1. The average Bonchev–Trinajstić information content (AvgIpc) is 2.42. The van der Waals surface area contributed by atoms with Crippen molar-refractivity contribution in [1.82, 2.24) is 5.32 Å². The van der Waals surface area contributed by atoms with Crippen molar-refractivity contribution in [3.63, 3.8) is 0 Å². The van der Waals surface area contributed by atoms with Gasteiger partial charge in [0.05, 0.1) is 13.0 Å². The summed E-state index contributed by atoms with van der Waals surface area (Å²) in [5, 5.41) is 2.88. The van der Waals surface area contributed by atoms with Crippen molar-refractivity contribution in [1.29, 1.82) is 0 Å². The first kappa shape index (κ1) is 20.8. The molecule has 0 aliphatic carbocycles. The highest BCUT2D eigenvalue weighted by atomic mass is 16.6. The number of esters is 1. The molecule has 0 spiro atoms. The standard InChI is InChI=1S/C19H29NO5/c1-18(2,3)20-16(21)11-12-23-14-7-9-15(10-8-14)24-13-17(22)25-19(4,5)6/h7-10H,11-13H2,1-6H3,(H,20,21). The van der Waals surface area contributed by atoms with Crippen molar-refractivity contribution in [2.75, 3.05) is 13.2 Å². The predicted molar refractivity (Wildman–Crippen MR) is 95.8 cm³/mol. The first-order valence-electron chi connectivity index (χ1n) is 8.33. The third-order valence-corrected chi connectivity index (χ3v) is 2.71. The smallest absolute Gasteiger partial charge is 0.344 e. The summed E-state index contributed by atoms with van der Waals surface area (Å²) in [5.41, 5.74) is -0.776. The van der Waals surface area contributed by atoms with E-state index in [2.05, 4.69) is 5.32 Å². The quantitative estimate of drug-likeness (QED) is 0.764. The third kappa shape index (κ3) is 10.3. The molecule has 0 radical (unpaired) electrons. The number of hydrogen-bond acceptors (Lipinski definition) is 5. The maximum absolute atomic E-state index is 11.7. The lowest BCUT2D eigenvalue weighted by molar-refractivity contribution is -0.157. The molecule has 0 atom stereocenters. The number of amides is 1. The van der Waals surface area contributed by atoms with Crippen LogP contribution in [-0.4, -0.2) is 36.2 Å². The topological polar surface area (TPSA) is 73.9 Å². The zero-order valence-corrected chi connectivity index (χ0v) is 16.0. The van der Waals surface area contributed by atoms with Gasteiger partial charge in [0.15, 0.2) is 6.61 Å². The SMILES string of the molecule is CC(C)(C)NC(=O)CCOc1ccc(OCC(=O)OC(C)(C)C)cc1. The number of carbonyl (C=O) groups is 2. The molecule has 0 heterocycles. The number of nitrogens with one attached hydrogen (secondary N) is 1. The second-order valence-corrected chi connectivity index (χ2v) is 7.74. The van der Waals surface area contributed by atoms with Crippen molar-refractivity contribution in [2.24, 2.45) is 0 Å². The van der Waals surface area contributed by atoms with Gasteiger partial charge in [-0.3, -0.25) is 4.79 Å². The van der Waals surface area contributed by atoms with Gasteiger partial charge in [0.1, 0.15) is 17.1 Å². The first-order chi connectivity index (χ1) is 11.4. The fourth-order valence-corrected chi connectivity index (χ4v) is 1.89. The van der Waals surface area contributed by atoms with Gasteiger partial charge in [-0.2, -0.15) is 0 Å². The molecule has 0 aliphatic rings. The lowest BCUT2D eigenvalue weighted by atomic mass is 10.1. The van der Waals surface area contributed by atoms with Crippen LogP contribution in [0.2, 0.25) is 0 Å². The van der Waals surface area contributed by atoms with E-state index in [4.69, 9.17) is 14.2 Å². The average molecular weight is 351 g/mol. The summed E-state index contributed by atoms with van der Waals surface area (Å²) >= 11 is 0. The monoisotopic (exact) mass is 351 g/mol. The van der Waals surface area contributed by atoms with Crippen LogP contribution in [-0.2, 0) is 14.3 Å². The lowest BCUT2D eigenvalue weighted by Gasteiger charge is -2.20. The van der Waals surface area contributed by atoms with Crippen LogP contribution in [0.4, 0.5) is 0 Å². The van der Waals surface area contributed by atoms with Crippen molar-refractivity contribution < 1.29 is 23.8 Å². The van der Waals surface area contributed by atoms with E-state index < -0.39 is 11.6 Å². The molecule has 1 rings (SSSR count). The maximum Gasteiger partial charge on any atom is 0.344 e. The summed E-state index contributed by atoms with van der Waals surface area (Å²) in [4.78, 5) is 23.3. The highest BCUT2D eigenvalue weighted by Gasteiger charge is 2.16. The van der Waals surface area contributed by atoms with E-state index in [1.165, 1.54) is 0 Å². The van der Waals surface area contributed by atoms with Crippen LogP contribution in [0.1, 0.15) is 48.0 Å². The van der Waals surface area contributed by atoms with Crippen molar-refractivity contribution in [2.45, 2.75) is 59.1 Å². The minimum absolute atomic E-state index is 0.0511. The maximum atomic E-state index is 11.7. The molecular formula is C19H29NO5. The Kier molecular flexibility index (Phi) is 7.27. The van der Waals surface area contributed by atoms with Gasteiger partial charge in [0.2, 0.25) is 5.91 Å². The van der Waals surface area contributed by atoms with E-state index in [1.807, 2.05) is 20.8 Å². The number of rotatable bonds is 7. The summed E-state index contributed by atoms with van der Waals surface area (Å²) in [6.45, 7) is 11.4. The molecule has 1 aromatic carbocycles. The van der Waals surface area contributed by atoms with Gasteiger partial charge < -0.3 is 19.5 Å². The van der Waals surface area contributed by atoms with Crippen LogP contribution >= 0.6 is 0 Å².